The molecule has 0 unspecified atom stereocenters. The van der Waals surface area contributed by atoms with Gasteiger partial charge in [0.1, 0.15) is 12.4 Å². The molecule has 3 rings (SSSR count). The minimum absolute atomic E-state index is 0. The van der Waals surface area contributed by atoms with Gasteiger partial charge in [-0.25, -0.2) is 0 Å². The van der Waals surface area contributed by atoms with Crippen LogP contribution < -0.4 is 10.1 Å². The van der Waals surface area contributed by atoms with E-state index in [1.54, 1.807) is 0 Å². The summed E-state index contributed by atoms with van der Waals surface area (Å²) >= 11 is 0. The lowest BCUT2D eigenvalue weighted by molar-refractivity contribution is 0.235. The number of rotatable bonds is 5. The van der Waals surface area contributed by atoms with Crippen LogP contribution >= 0.6 is 24.8 Å². The van der Waals surface area contributed by atoms with Crippen molar-refractivity contribution >= 4 is 24.8 Å². The summed E-state index contributed by atoms with van der Waals surface area (Å²) in [6, 6.07) is 8.63. The highest BCUT2D eigenvalue weighted by Crippen LogP contribution is 2.32. The molecule has 22 heavy (non-hydrogen) atoms. The smallest absolute Gasteiger partial charge is 0.122 e. The van der Waals surface area contributed by atoms with Crippen molar-refractivity contribution in [3.63, 3.8) is 0 Å². The van der Waals surface area contributed by atoms with Crippen LogP contribution in [0.15, 0.2) is 24.3 Å². The summed E-state index contributed by atoms with van der Waals surface area (Å²) in [5.74, 6) is 1.78. The normalized spacial score (nSPS) is 19.3. The Labute approximate surface area is 146 Å². The topological polar surface area (TPSA) is 24.5 Å². The van der Waals surface area contributed by atoms with Crippen molar-refractivity contribution < 1.29 is 4.74 Å². The van der Waals surface area contributed by atoms with Crippen molar-refractivity contribution in [3.05, 3.63) is 29.8 Å². The molecule has 2 aliphatic rings. The summed E-state index contributed by atoms with van der Waals surface area (Å²) in [7, 11) is 0. The summed E-state index contributed by atoms with van der Waals surface area (Å²) in [4.78, 5) is 2.51. The summed E-state index contributed by atoms with van der Waals surface area (Å²) < 4.78 is 6.09. The van der Waals surface area contributed by atoms with Crippen LogP contribution in [-0.2, 0) is 0 Å². The Kier molecular flexibility index (Phi) is 9.18. The molecule has 2 aliphatic heterocycles. The molecule has 0 saturated carbocycles. The summed E-state index contributed by atoms with van der Waals surface area (Å²) in [6.45, 7) is 6.65. The summed E-state index contributed by atoms with van der Waals surface area (Å²) in [5, 5.41) is 3.44. The van der Waals surface area contributed by atoms with Crippen LogP contribution in [0.5, 0.6) is 5.75 Å². The van der Waals surface area contributed by atoms with E-state index in [2.05, 4.69) is 34.5 Å². The van der Waals surface area contributed by atoms with E-state index in [1.807, 2.05) is 0 Å². The Morgan fingerprint density at radius 2 is 1.73 bits per heavy atom. The molecule has 1 aromatic rings. The van der Waals surface area contributed by atoms with Gasteiger partial charge in [0.05, 0.1) is 0 Å². The lowest BCUT2D eigenvalue weighted by atomic mass is 9.89. The standard InChI is InChI=1S/C17H26N2O.2ClH/c1-2-6-17(20-14-13-19-11-3-4-12-19)16(5-1)15-7-9-18-10-8-15;;/h1-2,5-6,15,18H,3-4,7-14H2;2*1H. The molecule has 0 amide bonds. The molecule has 0 aromatic heterocycles. The van der Waals surface area contributed by atoms with Gasteiger partial charge in [0.2, 0.25) is 0 Å². The first-order valence-electron chi connectivity index (χ1n) is 8.08. The molecule has 0 aliphatic carbocycles. The average molecular weight is 347 g/mol. The monoisotopic (exact) mass is 346 g/mol. The molecule has 126 valence electrons. The van der Waals surface area contributed by atoms with E-state index in [0.717, 1.165) is 32.0 Å². The van der Waals surface area contributed by atoms with Crippen LogP contribution in [0.25, 0.3) is 0 Å². The second-order valence-electron chi connectivity index (χ2n) is 5.96. The quantitative estimate of drug-likeness (QED) is 0.883. The van der Waals surface area contributed by atoms with Crippen molar-refractivity contribution in [2.75, 3.05) is 39.3 Å². The fourth-order valence-electron chi connectivity index (χ4n) is 3.37. The molecular formula is C17H28Cl2N2O. The molecule has 0 bridgehead atoms. The zero-order valence-electron chi connectivity index (χ0n) is 13.1. The number of halogens is 2. The first kappa shape index (κ1) is 19.6. The number of piperidine rings is 1. The van der Waals surface area contributed by atoms with Crippen LogP contribution in [0.1, 0.15) is 37.2 Å². The van der Waals surface area contributed by atoms with Gasteiger partial charge >= 0.3 is 0 Å². The zero-order chi connectivity index (χ0) is 13.6. The number of para-hydroxylation sites is 1. The fourth-order valence-corrected chi connectivity index (χ4v) is 3.37. The molecule has 2 saturated heterocycles. The third-order valence-electron chi connectivity index (χ3n) is 4.56. The Balaban J connectivity index is 0.00000121. The number of hydrogen-bond acceptors (Lipinski definition) is 3. The lowest BCUT2D eigenvalue weighted by Gasteiger charge is -2.25. The number of likely N-dealkylation sites (tertiary alicyclic amines) is 1. The SMILES string of the molecule is Cl.Cl.c1ccc(C2CCNCC2)c(OCCN2CCCC2)c1. The zero-order valence-corrected chi connectivity index (χ0v) is 14.8. The summed E-state index contributed by atoms with van der Waals surface area (Å²) in [5.41, 5.74) is 1.41. The van der Waals surface area contributed by atoms with Gasteiger partial charge in [0.15, 0.2) is 0 Å². The maximum absolute atomic E-state index is 6.09. The number of ether oxygens (including phenoxy) is 1. The second-order valence-corrected chi connectivity index (χ2v) is 5.96. The predicted molar refractivity (Wildman–Crippen MR) is 97.0 cm³/mol. The van der Waals surface area contributed by atoms with Gasteiger partial charge in [-0.05, 0) is 69.4 Å². The first-order valence-corrected chi connectivity index (χ1v) is 8.08. The van der Waals surface area contributed by atoms with Gasteiger partial charge in [-0.1, -0.05) is 18.2 Å². The Hall–Kier alpha value is -0.480. The van der Waals surface area contributed by atoms with E-state index >= 15 is 0 Å². The van der Waals surface area contributed by atoms with Crippen molar-refractivity contribution in [2.24, 2.45) is 0 Å². The maximum Gasteiger partial charge on any atom is 0.122 e. The van der Waals surface area contributed by atoms with Gasteiger partial charge in [-0.2, -0.15) is 0 Å². The third kappa shape index (κ3) is 5.31. The second kappa shape index (κ2) is 10.3. The van der Waals surface area contributed by atoms with E-state index in [1.165, 1.54) is 44.3 Å². The third-order valence-corrected chi connectivity index (χ3v) is 4.56. The number of nitrogens with zero attached hydrogens (tertiary/aromatic N) is 1. The van der Waals surface area contributed by atoms with E-state index in [0.29, 0.717) is 5.92 Å². The molecule has 2 fully saturated rings. The van der Waals surface area contributed by atoms with E-state index in [4.69, 9.17) is 4.74 Å². The predicted octanol–water partition coefficient (Wildman–Crippen LogP) is 3.47. The van der Waals surface area contributed by atoms with Crippen molar-refractivity contribution in [2.45, 2.75) is 31.6 Å². The van der Waals surface area contributed by atoms with Gasteiger partial charge in [-0.15, -0.1) is 24.8 Å². The molecule has 1 aromatic carbocycles. The molecule has 1 N–H and O–H groups in total. The Bertz CT molecular complexity index is 419. The van der Waals surface area contributed by atoms with Crippen LogP contribution in [0, 0.1) is 0 Å². The number of benzene rings is 1. The molecule has 0 spiro atoms. The molecule has 2 heterocycles. The number of hydrogen-bond donors (Lipinski definition) is 1. The van der Waals surface area contributed by atoms with Gasteiger partial charge in [0.25, 0.3) is 0 Å². The molecule has 0 atom stereocenters. The number of nitrogens with one attached hydrogen (secondary N) is 1. The van der Waals surface area contributed by atoms with Crippen LogP contribution in [0.2, 0.25) is 0 Å². The highest BCUT2D eigenvalue weighted by molar-refractivity contribution is 5.85. The van der Waals surface area contributed by atoms with Gasteiger partial charge in [-0.3, -0.25) is 4.90 Å². The molecular weight excluding hydrogens is 319 g/mol. The summed E-state index contributed by atoms with van der Waals surface area (Å²) in [6.07, 6.45) is 5.16. The van der Waals surface area contributed by atoms with E-state index in [9.17, 15) is 0 Å². The molecule has 5 heteroatoms. The molecule has 0 radical (unpaired) electrons. The highest BCUT2D eigenvalue weighted by Gasteiger charge is 2.19. The van der Waals surface area contributed by atoms with Crippen molar-refractivity contribution in [1.29, 1.82) is 0 Å². The average Bonchev–Trinajstić information content (AvgIpc) is 3.02. The maximum atomic E-state index is 6.09. The largest absolute Gasteiger partial charge is 0.492 e. The lowest BCUT2D eigenvalue weighted by Crippen LogP contribution is -2.27. The van der Waals surface area contributed by atoms with Crippen molar-refractivity contribution in [1.82, 2.24) is 10.2 Å². The van der Waals surface area contributed by atoms with Crippen LogP contribution in [0.4, 0.5) is 0 Å². The van der Waals surface area contributed by atoms with Gasteiger partial charge < -0.3 is 10.1 Å². The van der Waals surface area contributed by atoms with Gasteiger partial charge in [0, 0.05) is 6.54 Å². The fraction of sp³-hybridized carbons (Fsp3) is 0.647. The van der Waals surface area contributed by atoms with E-state index < -0.39 is 0 Å². The van der Waals surface area contributed by atoms with E-state index in [-0.39, 0.29) is 24.8 Å². The Morgan fingerprint density at radius 3 is 2.45 bits per heavy atom. The first-order chi connectivity index (χ1) is 9.93. The minimum Gasteiger partial charge on any atom is -0.492 e. The highest BCUT2D eigenvalue weighted by atomic mass is 35.5. The van der Waals surface area contributed by atoms with Crippen molar-refractivity contribution in [3.8, 4) is 5.75 Å². The molecule has 3 nitrogen and oxygen atoms in total. The Morgan fingerprint density at radius 1 is 1.05 bits per heavy atom. The minimum atomic E-state index is 0. The van der Waals surface area contributed by atoms with Crippen LogP contribution in [0.3, 0.4) is 0 Å². The van der Waals surface area contributed by atoms with Crippen LogP contribution in [-0.4, -0.2) is 44.2 Å².